The lowest BCUT2D eigenvalue weighted by Crippen LogP contribution is -2.51. The van der Waals surface area contributed by atoms with Crippen LogP contribution in [0.25, 0.3) is 0 Å². The molecule has 0 radical (unpaired) electrons. The summed E-state index contributed by atoms with van der Waals surface area (Å²) >= 11 is 5.92. The minimum atomic E-state index is -0.253. The number of rotatable bonds is 5. The van der Waals surface area contributed by atoms with Crippen molar-refractivity contribution in [3.05, 3.63) is 65.6 Å². The van der Waals surface area contributed by atoms with Crippen molar-refractivity contribution in [1.82, 2.24) is 20.1 Å². The van der Waals surface area contributed by atoms with Gasteiger partial charge in [-0.05, 0) is 42.8 Å². The highest BCUT2D eigenvalue weighted by Crippen LogP contribution is 2.29. The van der Waals surface area contributed by atoms with Gasteiger partial charge in [-0.15, -0.1) is 0 Å². The predicted octanol–water partition coefficient (Wildman–Crippen LogP) is 3.66. The molecule has 1 fully saturated rings. The van der Waals surface area contributed by atoms with E-state index in [1.807, 2.05) is 31.4 Å². The number of piperidine rings is 1. The van der Waals surface area contributed by atoms with Crippen molar-refractivity contribution in [3.8, 4) is 5.75 Å². The number of halogens is 1. The van der Waals surface area contributed by atoms with E-state index in [1.165, 1.54) is 0 Å². The van der Waals surface area contributed by atoms with Crippen molar-refractivity contribution in [3.63, 3.8) is 0 Å². The van der Waals surface area contributed by atoms with Gasteiger partial charge in [-0.3, -0.25) is 9.67 Å². The normalized spacial score (nSPS) is 18.5. The van der Waals surface area contributed by atoms with Crippen LogP contribution in [0.15, 0.2) is 54.9 Å². The number of hydrogen-bond donors (Lipinski definition) is 2. The zero-order valence-electron chi connectivity index (χ0n) is 17.5. The topological polar surface area (TPSA) is 84.3 Å². The lowest BCUT2D eigenvalue weighted by atomic mass is 9.89. The third-order valence-electron chi connectivity index (χ3n) is 5.43. The smallest absolute Gasteiger partial charge is 0.319 e. The zero-order valence-corrected chi connectivity index (χ0v) is 18.2. The number of nitrogens with one attached hydrogen (secondary N) is 2. The number of amides is 2. The highest BCUT2D eigenvalue weighted by molar-refractivity contribution is 6.30. The maximum atomic E-state index is 12.7. The molecule has 0 saturated carbocycles. The molecule has 162 valence electrons. The van der Waals surface area contributed by atoms with Crippen molar-refractivity contribution in [2.45, 2.75) is 18.4 Å². The number of carbonyl (C=O) groups is 1. The van der Waals surface area contributed by atoms with Crippen LogP contribution in [0.5, 0.6) is 5.75 Å². The van der Waals surface area contributed by atoms with Crippen LogP contribution in [0.1, 0.15) is 18.0 Å². The molecule has 0 spiro atoms. The standard InChI is InChI=1S/C22H25ClN6O2/c1-28-11-10-21(27-28)29-12-9-20(18(14-29)19-8-7-17(31-2)13-24-19)26-22(30)25-16-5-3-15(23)4-6-16/h3-8,10-11,13,18,20H,9,12,14H2,1-2H3,(H2,25,26,30). The van der Waals surface area contributed by atoms with Gasteiger partial charge in [0.2, 0.25) is 0 Å². The zero-order chi connectivity index (χ0) is 21.8. The summed E-state index contributed by atoms with van der Waals surface area (Å²) in [6.45, 7) is 1.48. The fraction of sp³-hybridized carbons (Fsp3) is 0.318. The van der Waals surface area contributed by atoms with Crippen molar-refractivity contribution >= 4 is 29.1 Å². The van der Waals surface area contributed by atoms with E-state index >= 15 is 0 Å². The van der Waals surface area contributed by atoms with Crippen LogP contribution in [-0.4, -0.2) is 47.0 Å². The molecular formula is C22H25ClN6O2. The first-order valence-corrected chi connectivity index (χ1v) is 10.5. The molecule has 2 amide bonds. The number of hydrogen-bond acceptors (Lipinski definition) is 5. The number of nitrogens with zero attached hydrogens (tertiary/aromatic N) is 4. The Labute approximate surface area is 186 Å². The number of pyridine rings is 1. The molecule has 1 aliphatic rings. The van der Waals surface area contributed by atoms with Crippen LogP contribution < -0.4 is 20.3 Å². The number of benzene rings is 1. The van der Waals surface area contributed by atoms with Crippen molar-refractivity contribution in [1.29, 1.82) is 0 Å². The fourth-order valence-electron chi connectivity index (χ4n) is 3.80. The highest BCUT2D eigenvalue weighted by Gasteiger charge is 2.33. The summed E-state index contributed by atoms with van der Waals surface area (Å²) in [4.78, 5) is 19.5. The SMILES string of the molecule is COc1ccc(C2CN(c3ccn(C)n3)CCC2NC(=O)Nc2ccc(Cl)cc2)nc1. The van der Waals surface area contributed by atoms with E-state index < -0.39 is 0 Å². The number of methoxy groups -OCH3 is 1. The van der Waals surface area contributed by atoms with E-state index in [1.54, 1.807) is 42.3 Å². The summed E-state index contributed by atoms with van der Waals surface area (Å²) < 4.78 is 7.03. The number of urea groups is 1. The van der Waals surface area contributed by atoms with Crippen LogP contribution in [0.4, 0.5) is 16.3 Å². The minimum absolute atomic E-state index is 0.00219. The highest BCUT2D eigenvalue weighted by atomic mass is 35.5. The Hall–Kier alpha value is -3.26. The van der Waals surface area contributed by atoms with Crippen molar-refractivity contribution < 1.29 is 9.53 Å². The largest absolute Gasteiger partial charge is 0.495 e. The molecule has 3 heterocycles. The third-order valence-corrected chi connectivity index (χ3v) is 5.68. The first-order chi connectivity index (χ1) is 15.0. The van der Waals surface area contributed by atoms with Gasteiger partial charge >= 0.3 is 6.03 Å². The van der Waals surface area contributed by atoms with E-state index in [0.29, 0.717) is 23.0 Å². The lowest BCUT2D eigenvalue weighted by molar-refractivity contribution is 0.243. The molecule has 2 unspecified atom stereocenters. The monoisotopic (exact) mass is 440 g/mol. The second-order valence-electron chi connectivity index (χ2n) is 7.52. The lowest BCUT2D eigenvalue weighted by Gasteiger charge is -2.38. The molecule has 1 saturated heterocycles. The van der Waals surface area contributed by atoms with Gasteiger partial charge in [-0.1, -0.05) is 11.6 Å². The summed E-state index contributed by atoms with van der Waals surface area (Å²) in [6, 6.07) is 12.6. The predicted molar refractivity (Wildman–Crippen MR) is 121 cm³/mol. The maximum absolute atomic E-state index is 12.7. The molecule has 2 aromatic heterocycles. The average Bonchev–Trinajstić information content (AvgIpc) is 3.22. The Morgan fingerprint density at radius 2 is 2.00 bits per heavy atom. The summed E-state index contributed by atoms with van der Waals surface area (Å²) in [5.41, 5.74) is 1.59. The van der Waals surface area contributed by atoms with Gasteiger partial charge in [0.15, 0.2) is 5.82 Å². The Kier molecular flexibility index (Phi) is 6.27. The molecule has 1 aliphatic heterocycles. The second-order valence-corrected chi connectivity index (χ2v) is 7.96. The summed E-state index contributed by atoms with van der Waals surface area (Å²) in [5, 5.41) is 11.2. The summed E-state index contributed by atoms with van der Waals surface area (Å²) in [5.74, 6) is 1.62. The first-order valence-electron chi connectivity index (χ1n) is 10.1. The Morgan fingerprint density at radius 1 is 1.19 bits per heavy atom. The van der Waals surface area contributed by atoms with E-state index in [9.17, 15) is 4.79 Å². The van der Waals surface area contributed by atoms with E-state index in [-0.39, 0.29) is 18.0 Å². The summed E-state index contributed by atoms with van der Waals surface area (Å²) in [6.07, 6.45) is 4.41. The minimum Gasteiger partial charge on any atom is -0.495 e. The van der Waals surface area contributed by atoms with Crippen LogP contribution in [0.3, 0.4) is 0 Å². The quantitative estimate of drug-likeness (QED) is 0.632. The van der Waals surface area contributed by atoms with Crippen LogP contribution >= 0.6 is 11.6 Å². The molecule has 1 aromatic carbocycles. The Bertz CT molecular complexity index is 1020. The fourth-order valence-corrected chi connectivity index (χ4v) is 3.93. The molecule has 3 aromatic rings. The maximum Gasteiger partial charge on any atom is 0.319 e. The number of aromatic nitrogens is 3. The molecule has 2 N–H and O–H groups in total. The number of carbonyl (C=O) groups excluding carboxylic acids is 1. The van der Waals surface area contributed by atoms with Gasteiger partial charge in [0.1, 0.15) is 5.75 Å². The van der Waals surface area contributed by atoms with Gasteiger partial charge in [0.25, 0.3) is 0 Å². The van der Waals surface area contributed by atoms with E-state index in [4.69, 9.17) is 16.3 Å². The number of ether oxygens (including phenoxy) is 1. The van der Waals surface area contributed by atoms with Crippen LogP contribution in [-0.2, 0) is 7.05 Å². The Morgan fingerprint density at radius 3 is 2.65 bits per heavy atom. The van der Waals surface area contributed by atoms with Gasteiger partial charge in [-0.25, -0.2) is 4.79 Å². The third kappa shape index (κ3) is 5.08. The van der Waals surface area contributed by atoms with Crippen LogP contribution in [0.2, 0.25) is 5.02 Å². The molecule has 9 heteroatoms. The Balaban J connectivity index is 1.51. The molecule has 8 nitrogen and oxygen atoms in total. The molecule has 2 atom stereocenters. The summed E-state index contributed by atoms with van der Waals surface area (Å²) in [7, 11) is 3.52. The van der Waals surface area contributed by atoms with Crippen LogP contribution in [0, 0.1) is 0 Å². The van der Waals surface area contributed by atoms with Crippen molar-refractivity contribution in [2.75, 3.05) is 30.4 Å². The molecule has 4 rings (SSSR count). The van der Waals surface area contributed by atoms with Gasteiger partial charge in [-0.2, -0.15) is 5.10 Å². The van der Waals surface area contributed by atoms with E-state index in [0.717, 1.165) is 24.5 Å². The number of aryl methyl sites for hydroxylation is 1. The van der Waals surface area contributed by atoms with E-state index in [2.05, 4.69) is 25.6 Å². The molecule has 31 heavy (non-hydrogen) atoms. The average molecular weight is 441 g/mol. The van der Waals surface area contributed by atoms with Crippen molar-refractivity contribution in [2.24, 2.45) is 7.05 Å². The number of anilines is 2. The van der Waals surface area contributed by atoms with Gasteiger partial charge < -0.3 is 20.3 Å². The van der Waals surface area contributed by atoms with Gasteiger partial charge in [0, 0.05) is 60.8 Å². The molecule has 0 aliphatic carbocycles. The molecular weight excluding hydrogens is 416 g/mol. The van der Waals surface area contributed by atoms with Gasteiger partial charge in [0.05, 0.1) is 13.3 Å². The molecule has 0 bridgehead atoms. The first kappa shape index (κ1) is 21.0. The second kappa shape index (κ2) is 9.26.